The van der Waals surface area contributed by atoms with Crippen LogP contribution in [0.3, 0.4) is 0 Å². The number of carbonyl (C=O) groups excluding carboxylic acids is 1. The highest BCUT2D eigenvalue weighted by Crippen LogP contribution is 2.34. The molecule has 0 aliphatic carbocycles. The standard InChI is InChI=1S/C30H53NO18/c1-9-14(31-13(32)8-30(5,6)41)18(36)25(42-7)29(44-9)48-23-17(35)12(4)45-27(21(23)39)47-22-16(34)11(3)46-28(20(22)38)49-24-19(37)15(33)10(2)43-26(24)40/h9-12,14-29,33-41H,8H2,1-7H3,(H,31,32)/t9-,10+,11+,12+,14-,15+,16+,17+,18+,19-,20-,21-,22-,23-,24-,25-,26-,27+,28+,29+/m1/s1. The summed E-state index contributed by atoms with van der Waals surface area (Å²) in [5.41, 5.74) is -1.30. The summed E-state index contributed by atoms with van der Waals surface area (Å²) in [5.74, 6) is -0.545. The van der Waals surface area contributed by atoms with Crippen molar-refractivity contribution < 1.29 is 88.6 Å². The number of aliphatic hydroxyl groups excluding tert-OH is 8. The second-order valence-electron chi connectivity index (χ2n) is 13.9. The highest BCUT2D eigenvalue weighted by atomic mass is 16.8. The number of rotatable bonds is 10. The number of hydrogen-bond acceptors (Lipinski definition) is 18. The number of carbonyl (C=O) groups is 1. The van der Waals surface area contributed by atoms with Crippen molar-refractivity contribution in [2.24, 2.45) is 0 Å². The molecule has 1 amide bonds. The highest BCUT2D eigenvalue weighted by molar-refractivity contribution is 5.77. The molecule has 0 aromatic carbocycles. The van der Waals surface area contributed by atoms with Crippen LogP contribution in [0, 0.1) is 0 Å². The van der Waals surface area contributed by atoms with E-state index >= 15 is 0 Å². The molecule has 0 saturated carbocycles. The zero-order valence-electron chi connectivity index (χ0n) is 28.5. The van der Waals surface area contributed by atoms with Gasteiger partial charge in [0.15, 0.2) is 25.2 Å². The maximum absolute atomic E-state index is 12.5. The minimum atomic E-state index is -1.81. The zero-order valence-corrected chi connectivity index (χ0v) is 28.5. The summed E-state index contributed by atoms with van der Waals surface area (Å²) in [7, 11) is 1.26. The van der Waals surface area contributed by atoms with Crippen molar-refractivity contribution in [1.29, 1.82) is 0 Å². The SMILES string of the molecule is CO[C@H]1[C@H](O[C@@H]2[C@@H](O)[C@H](C)O[C@@H](O[C@@H]3[C@@H](O)[C@H](C)O[C@@H](O[C@@H]4[C@H](O)[C@@H](O)[C@H](C)O[C@H]4O)[C@@H]3O)[C@@H]2O)O[C@H](C)[C@@H](NC(=O)CC(C)(C)O)[C@@H]1O. The van der Waals surface area contributed by atoms with Gasteiger partial charge >= 0.3 is 0 Å². The molecule has 10 N–H and O–H groups in total. The second-order valence-corrected chi connectivity index (χ2v) is 13.9. The van der Waals surface area contributed by atoms with Crippen LogP contribution in [0.25, 0.3) is 0 Å². The quantitative estimate of drug-likeness (QED) is 0.102. The first-order valence-corrected chi connectivity index (χ1v) is 16.3. The lowest BCUT2D eigenvalue weighted by molar-refractivity contribution is -0.385. The van der Waals surface area contributed by atoms with Crippen LogP contribution >= 0.6 is 0 Å². The van der Waals surface area contributed by atoms with Crippen molar-refractivity contribution >= 4 is 5.91 Å². The van der Waals surface area contributed by atoms with Crippen LogP contribution in [0.15, 0.2) is 0 Å². The van der Waals surface area contributed by atoms with Crippen molar-refractivity contribution in [3.05, 3.63) is 0 Å². The van der Waals surface area contributed by atoms with Crippen LogP contribution in [0.4, 0.5) is 0 Å². The Hall–Kier alpha value is -1.21. The number of methoxy groups -OCH3 is 1. The number of hydrogen-bond donors (Lipinski definition) is 10. The first kappa shape index (κ1) is 40.6. The zero-order chi connectivity index (χ0) is 36.7. The highest BCUT2D eigenvalue weighted by Gasteiger charge is 2.54. The number of aliphatic hydroxyl groups is 9. The van der Waals surface area contributed by atoms with E-state index in [2.05, 4.69) is 5.32 Å². The molecule has 0 aromatic heterocycles. The Bertz CT molecular complexity index is 1080. The van der Waals surface area contributed by atoms with Gasteiger partial charge < -0.3 is 89.2 Å². The Morgan fingerprint density at radius 3 is 1.53 bits per heavy atom. The summed E-state index contributed by atoms with van der Waals surface area (Å²) in [6.07, 6.45) is -27.4. The van der Waals surface area contributed by atoms with Crippen LogP contribution in [-0.4, -0.2) is 187 Å². The van der Waals surface area contributed by atoms with E-state index in [0.717, 1.165) is 0 Å². The molecule has 4 aliphatic heterocycles. The lowest BCUT2D eigenvalue weighted by atomic mass is 9.94. The topological polar surface area (TPSA) is 285 Å². The maximum atomic E-state index is 12.5. The lowest BCUT2D eigenvalue weighted by Crippen LogP contribution is -2.67. The largest absolute Gasteiger partial charge is 0.390 e. The molecule has 0 bridgehead atoms. The molecule has 4 fully saturated rings. The molecule has 4 aliphatic rings. The summed E-state index contributed by atoms with van der Waals surface area (Å²) in [4.78, 5) is 12.5. The second kappa shape index (κ2) is 16.2. The Morgan fingerprint density at radius 1 is 0.592 bits per heavy atom. The van der Waals surface area contributed by atoms with E-state index in [0.29, 0.717) is 0 Å². The summed E-state index contributed by atoms with van der Waals surface area (Å²) < 4.78 is 45.2. The van der Waals surface area contributed by atoms with E-state index in [4.69, 9.17) is 37.9 Å². The fraction of sp³-hybridized carbons (Fsp3) is 0.967. The van der Waals surface area contributed by atoms with E-state index in [-0.39, 0.29) is 6.42 Å². The van der Waals surface area contributed by atoms with Crippen molar-refractivity contribution in [3.63, 3.8) is 0 Å². The summed E-state index contributed by atoms with van der Waals surface area (Å²) >= 11 is 0. The molecule has 0 aromatic rings. The Kier molecular flexibility index (Phi) is 13.4. The molecule has 4 rings (SSSR count). The van der Waals surface area contributed by atoms with Crippen molar-refractivity contribution in [2.45, 2.75) is 176 Å². The Morgan fingerprint density at radius 2 is 1.04 bits per heavy atom. The lowest BCUT2D eigenvalue weighted by Gasteiger charge is -2.49. The first-order chi connectivity index (χ1) is 22.7. The van der Waals surface area contributed by atoms with Crippen LogP contribution in [0.1, 0.15) is 48.0 Å². The Balaban J connectivity index is 1.46. The van der Waals surface area contributed by atoms with Crippen LogP contribution in [-0.2, 0) is 42.7 Å². The third kappa shape index (κ3) is 9.06. The molecule has 49 heavy (non-hydrogen) atoms. The van der Waals surface area contributed by atoms with Crippen LogP contribution in [0.2, 0.25) is 0 Å². The van der Waals surface area contributed by atoms with Gasteiger partial charge in [-0.05, 0) is 41.5 Å². The van der Waals surface area contributed by atoms with Gasteiger partial charge in [-0.15, -0.1) is 0 Å². The van der Waals surface area contributed by atoms with E-state index in [9.17, 15) is 50.8 Å². The predicted molar refractivity (Wildman–Crippen MR) is 160 cm³/mol. The van der Waals surface area contributed by atoms with Gasteiger partial charge in [-0.3, -0.25) is 4.79 Å². The van der Waals surface area contributed by atoms with Crippen molar-refractivity contribution in [2.75, 3.05) is 7.11 Å². The molecule has 20 atom stereocenters. The fourth-order valence-corrected chi connectivity index (χ4v) is 6.38. The van der Waals surface area contributed by atoms with Crippen LogP contribution in [0.5, 0.6) is 0 Å². The minimum Gasteiger partial charge on any atom is -0.390 e. The summed E-state index contributed by atoms with van der Waals surface area (Å²) in [6.45, 7) is 8.79. The molecule has 0 unspecified atom stereocenters. The number of nitrogens with one attached hydrogen (secondary N) is 1. The summed E-state index contributed by atoms with van der Waals surface area (Å²) in [5, 5.41) is 99.0. The van der Waals surface area contributed by atoms with Crippen LogP contribution < -0.4 is 5.32 Å². The minimum absolute atomic E-state index is 0.246. The van der Waals surface area contributed by atoms with Gasteiger partial charge in [-0.1, -0.05) is 0 Å². The molecule has 19 heteroatoms. The van der Waals surface area contributed by atoms with E-state index in [1.807, 2.05) is 0 Å². The fourth-order valence-electron chi connectivity index (χ4n) is 6.38. The van der Waals surface area contributed by atoms with E-state index in [1.165, 1.54) is 41.7 Å². The smallest absolute Gasteiger partial charge is 0.223 e. The number of amides is 1. The maximum Gasteiger partial charge on any atom is 0.223 e. The van der Waals surface area contributed by atoms with Gasteiger partial charge in [0.05, 0.1) is 42.5 Å². The molecule has 4 saturated heterocycles. The Labute approximate surface area is 283 Å². The molecule has 19 nitrogen and oxygen atoms in total. The molecular formula is C30H53NO18. The van der Waals surface area contributed by atoms with Crippen molar-refractivity contribution in [3.8, 4) is 0 Å². The average Bonchev–Trinajstić information content (AvgIpc) is 3.00. The van der Waals surface area contributed by atoms with Gasteiger partial charge in [0.1, 0.15) is 67.1 Å². The third-order valence-electron chi connectivity index (χ3n) is 9.26. The van der Waals surface area contributed by atoms with Gasteiger partial charge in [-0.25, -0.2) is 0 Å². The molecule has 286 valence electrons. The van der Waals surface area contributed by atoms with E-state index < -0.39 is 134 Å². The average molecular weight is 716 g/mol. The first-order valence-electron chi connectivity index (χ1n) is 16.3. The van der Waals surface area contributed by atoms with Gasteiger partial charge in [0, 0.05) is 7.11 Å². The molecule has 4 heterocycles. The number of ether oxygens (including phenoxy) is 8. The molecule has 0 spiro atoms. The third-order valence-corrected chi connectivity index (χ3v) is 9.26. The van der Waals surface area contributed by atoms with E-state index in [1.54, 1.807) is 6.92 Å². The monoisotopic (exact) mass is 715 g/mol. The predicted octanol–water partition coefficient (Wildman–Crippen LogP) is -4.70. The van der Waals surface area contributed by atoms with Gasteiger partial charge in [-0.2, -0.15) is 0 Å². The normalized spacial score (nSPS) is 49.8. The van der Waals surface area contributed by atoms with Gasteiger partial charge in [0.2, 0.25) is 5.91 Å². The molecule has 0 radical (unpaired) electrons. The van der Waals surface area contributed by atoms with Gasteiger partial charge in [0.25, 0.3) is 0 Å². The van der Waals surface area contributed by atoms with Crippen molar-refractivity contribution in [1.82, 2.24) is 5.32 Å². The summed E-state index contributed by atoms with van der Waals surface area (Å²) in [6, 6.07) is -0.970. The molecular weight excluding hydrogens is 662 g/mol.